The van der Waals surface area contributed by atoms with Crippen molar-refractivity contribution in [2.75, 3.05) is 16.8 Å². The molecule has 1 atom stereocenters. The highest BCUT2D eigenvalue weighted by Gasteiger charge is 2.22. The van der Waals surface area contributed by atoms with Gasteiger partial charge in [0.2, 0.25) is 0 Å². The van der Waals surface area contributed by atoms with E-state index in [1.807, 2.05) is 42.8 Å². The van der Waals surface area contributed by atoms with Crippen molar-refractivity contribution in [3.8, 4) is 0 Å². The zero-order valence-electron chi connectivity index (χ0n) is 16.4. The number of rotatable bonds is 4. The number of aromatic nitrogens is 4. The molecule has 1 aliphatic heterocycles. The van der Waals surface area contributed by atoms with Crippen LogP contribution in [0, 0.1) is 0 Å². The third-order valence-corrected chi connectivity index (χ3v) is 6.15. The summed E-state index contributed by atoms with van der Waals surface area (Å²) in [4.78, 5) is 24.7. The van der Waals surface area contributed by atoms with E-state index >= 15 is 0 Å². The van der Waals surface area contributed by atoms with Gasteiger partial charge in [0, 0.05) is 30.1 Å². The number of hydrogen-bond acceptors (Lipinski definition) is 6. The number of nitrogens with zero attached hydrogens (tertiary/aromatic N) is 4. The topological polar surface area (TPSA) is 98.8 Å². The van der Waals surface area contributed by atoms with Crippen LogP contribution in [0.5, 0.6) is 0 Å². The van der Waals surface area contributed by atoms with Gasteiger partial charge in [-0.2, -0.15) is 5.10 Å². The van der Waals surface area contributed by atoms with Crippen molar-refractivity contribution in [1.29, 1.82) is 0 Å². The van der Waals surface area contributed by atoms with Gasteiger partial charge in [0.25, 0.3) is 0 Å². The van der Waals surface area contributed by atoms with Gasteiger partial charge in [0.1, 0.15) is 5.82 Å². The second-order valence-corrected chi connectivity index (χ2v) is 8.23. The molecule has 30 heavy (non-hydrogen) atoms. The first kappa shape index (κ1) is 18.6. The molecule has 8 nitrogen and oxygen atoms in total. The minimum Gasteiger partial charge on any atom is -0.349 e. The predicted octanol–water partition coefficient (Wildman–Crippen LogP) is 3.86. The number of fused-ring (bicyclic) bond motifs is 2. The molecule has 3 N–H and O–H groups in total. The lowest BCUT2D eigenvalue weighted by atomic mass is 10.1. The highest BCUT2D eigenvalue weighted by Crippen LogP contribution is 2.30. The van der Waals surface area contributed by atoms with E-state index in [9.17, 15) is 4.79 Å². The molecule has 0 aliphatic carbocycles. The van der Waals surface area contributed by atoms with Crippen LogP contribution in [0.15, 0.2) is 48.1 Å². The van der Waals surface area contributed by atoms with Crippen molar-refractivity contribution in [1.82, 2.24) is 25.5 Å². The first-order chi connectivity index (χ1) is 14.7. The van der Waals surface area contributed by atoms with Gasteiger partial charge in [0.05, 0.1) is 34.7 Å². The Kier molecular flexibility index (Phi) is 4.80. The molecule has 1 aromatic carbocycles. The normalized spacial score (nSPS) is 14.4. The Balaban J connectivity index is 1.29. The maximum absolute atomic E-state index is 12.4. The van der Waals surface area contributed by atoms with Crippen molar-refractivity contribution in [2.24, 2.45) is 0 Å². The van der Waals surface area contributed by atoms with Crippen LogP contribution in [-0.2, 0) is 13.0 Å². The van der Waals surface area contributed by atoms with Crippen LogP contribution in [-0.4, -0.2) is 32.7 Å². The summed E-state index contributed by atoms with van der Waals surface area (Å²) in [5, 5.41) is 14.2. The summed E-state index contributed by atoms with van der Waals surface area (Å²) >= 11 is 1.68. The number of urea groups is 1. The Morgan fingerprint density at radius 1 is 1.27 bits per heavy atom. The number of H-pyrrole nitrogens is 1. The zero-order chi connectivity index (χ0) is 20.5. The van der Waals surface area contributed by atoms with E-state index < -0.39 is 0 Å². The van der Waals surface area contributed by atoms with Gasteiger partial charge in [-0.1, -0.05) is 30.3 Å². The number of hydrogen-bond donors (Lipinski definition) is 3. The second-order valence-electron chi connectivity index (χ2n) is 7.29. The Bertz CT molecular complexity index is 1190. The Morgan fingerprint density at radius 2 is 2.13 bits per heavy atom. The van der Waals surface area contributed by atoms with Crippen LogP contribution < -0.4 is 15.5 Å². The smallest absolute Gasteiger partial charge is 0.320 e. The Morgan fingerprint density at radius 3 is 3.00 bits per heavy atom. The lowest BCUT2D eigenvalue weighted by molar-refractivity contribution is 0.249. The standard InChI is InChI=1S/C21H21N7OS/c1-13(14-5-3-2-4-6-14)24-21(29)25-19-9-17-15(10-22-19)20(27-26-17)28-8-7-16-18(11-28)30-12-23-16/h2-6,9-10,12-13H,7-8,11H2,1H3,(H,26,27)(H2,22,24,25,29)/t13-/m1/s1. The lowest BCUT2D eigenvalue weighted by Crippen LogP contribution is -2.31. The molecule has 1 aliphatic rings. The van der Waals surface area contributed by atoms with E-state index in [1.54, 1.807) is 23.6 Å². The molecule has 152 valence electrons. The number of pyridine rings is 1. The fourth-order valence-electron chi connectivity index (χ4n) is 3.68. The minimum absolute atomic E-state index is 0.107. The number of amides is 2. The fraction of sp³-hybridized carbons (Fsp3) is 0.238. The van der Waals surface area contributed by atoms with E-state index in [1.165, 1.54) is 10.6 Å². The maximum atomic E-state index is 12.4. The molecule has 9 heteroatoms. The Labute approximate surface area is 177 Å². The van der Waals surface area contributed by atoms with Crippen LogP contribution >= 0.6 is 11.3 Å². The quantitative estimate of drug-likeness (QED) is 0.467. The number of aromatic amines is 1. The van der Waals surface area contributed by atoms with Crippen LogP contribution in [0.2, 0.25) is 0 Å². The molecule has 0 saturated heterocycles. The van der Waals surface area contributed by atoms with Gasteiger partial charge in [-0.25, -0.2) is 14.8 Å². The SMILES string of the molecule is C[C@@H](NC(=O)Nc1cc2[nH]nc(N3CCc4ncsc4C3)c2cn1)c1ccccc1. The van der Waals surface area contributed by atoms with E-state index in [0.717, 1.165) is 41.8 Å². The summed E-state index contributed by atoms with van der Waals surface area (Å²) in [5.74, 6) is 1.35. The van der Waals surface area contributed by atoms with E-state index in [0.29, 0.717) is 5.82 Å². The van der Waals surface area contributed by atoms with Crippen molar-refractivity contribution in [3.63, 3.8) is 0 Å². The highest BCUT2D eigenvalue weighted by atomic mass is 32.1. The summed E-state index contributed by atoms with van der Waals surface area (Å²) in [7, 11) is 0. The van der Waals surface area contributed by atoms with Crippen molar-refractivity contribution in [3.05, 3.63) is 64.2 Å². The second kappa shape index (κ2) is 7.75. The van der Waals surface area contributed by atoms with Crippen LogP contribution in [0.1, 0.15) is 29.1 Å². The van der Waals surface area contributed by atoms with Crippen LogP contribution in [0.3, 0.4) is 0 Å². The zero-order valence-corrected chi connectivity index (χ0v) is 17.2. The van der Waals surface area contributed by atoms with Crippen molar-refractivity contribution >= 4 is 39.9 Å². The van der Waals surface area contributed by atoms with E-state index in [2.05, 4.69) is 35.7 Å². The average Bonchev–Trinajstić information content (AvgIpc) is 3.40. The van der Waals surface area contributed by atoms with Gasteiger partial charge < -0.3 is 10.2 Å². The molecule has 0 spiro atoms. The predicted molar refractivity (Wildman–Crippen MR) is 118 cm³/mol. The first-order valence-corrected chi connectivity index (χ1v) is 10.7. The van der Waals surface area contributed by atoms with E-state index in [-0.39, 0.29) is 12.1 Å². The van der Waals surface area contributed by atoms with Gasteiger partial charge >= 0.3 is 6.03 Å². The number of benzene rings is 1. The molecule has 0 radical (unpaired) electrons. The third-order valence-electron chi connectivity index (χ3n) is 5.29. The molecular formula is C21H21N7OS. The summed E-state index contributed by atoms with van der Waals surface area (Å²) in [6.45, 7) is 3.62. The number of thiazole rings is 1. The number of anilines is 2. The summed E-state index contributed by atoms with van der Waals surface area (Å²) in [6.07, 6.45) is 2.67. The maximum Gasteiger partial charge on any atom is 0.320 e. The van der Waals surface area contributed by atoms with Crippen molar-refractivity contribution < 1.29 is 4.79 Å². The molecule has 0 bridgehead atoms. The minimum atomic E-state index is -0.299. The van der Waals surface area contributed by atoms with Gasteiger partial charge in [-0.3, -0.25) is 10.4 Å². The van der Waals surface area contributed by atoms with Gasteiger partial charge in [-0.05, 0) is 12.5 Å². The number of carbonyl (C=O) groups excluding carboxylic acids is 1. The molecular weight excluding hydrogens is 398 g/mol. The van der Waals surface area contributed by atoms with Gasteiger partial charge in [-0.15, -0.1) is 11.3 Å². The largest absolute Gasteiger partial charge is 0.349 e. The van der Waals surface area contributed by atoms with Crippen molar-refractivity contribution in [2.45, 2.75) is 25.9 Å². The first-order valence-electron chi connectivity index (χ1n) is 9.80. The molecule has 0 unspecified atom stereocenters. The molecule has 5 rings (SSSR count). The molecule has 4 aromatic rings. The number of nitrogens with one attached hydrogen (secondary N) is 3. The highest BCUT2D eigenvalue weighted by molar-refractivity contribution is 7.09. The number of carbonyl (C=O) groups is 1. The summed E-state index contributed by atoms with van der Waals surface area (Å²) in [5.41, 5.74) is 4.97. The molecule has 0 saturated carbocycles. The van der Waals surface area contributed by atoms with E-state index in [4.69, 9.17) is 0 Å². The molecule has 2 amide bonds. The summed E-state index contributed by atoms with van der Waals surface area (Å²) in [6, 6.07) is 11.2. The molecule has 4 heterocycles. The Hall–Kier alpha value is -3.46. The van der Waals surface area contributed by atoms with Crippen LogP contribution in [0.25, 0.3) is 10.9 Å². The fourth-order valence-corrected chi connectivity index (χ4v) is 4.51. The van der Waals surface area contributed by atoms with Crippen LogP contribution in [0.4, 0.5) is 16.4 Å². The average molecular weight is 420 g/mol. The summed E-state index contributed by atoms with van der Waals surface area (Å²) < 4.78 is 0. The molecule has 0 fully saturated rings. The van der Waals surface area contributed by atoms with Gasteiger partial charge in [0.15, 0.2) is 5.82 Å². The molecule has 3 aromatic heterocycles. The third kappa shape index (κ3) is 3.59. The monoisotopic (exact) mass is 419 g/mol. The lowest BCUT2D eigenvalue weighted by Gasteiger charge is -2.26.